The topological polar surface area (TPSA) is 55.1 Å². The van der Waals surface area contributed by atoms with Gasteiger partial charge in [0, 0.05) is 11.4 Å². The molecule has 0 aromatic heterocycles. The standard InChI is InChI=1S/C15H24N2OS/c1-11(2)15(4,10-16)17-14(18)9-19-13-7-5-12(3)6-8-13/h5-8,11H,9-10,16H2,1-4H3,(H,17,18). The van der Waals surface area contributed by atoms with Crippen molar-refractivity contribution in [2.75, 3.05) is 12.3 Å². The summed E-state index contributed by atoms with van der Waals surface area (Å²) in [6.45, 7) is 8.63. The Labute approximate surface area is 120 Å². The number of aryl methyl sites for hydroxylation is 1. The fourth-order valence-electron chi connectivity index (χ4n) is 1.57. The van der Waals surface area contributed by atoms with Crippen molar-refractivity contribution >= 4 is 17.7 Å². The van der Waals surface area contributed by atoms with Gasteiger partial charge in [-0.1, -0.05) is 31.5 Å². The molecule has 0 fully saturated rings. The zero-order chi connectivity index (χ0) is 14.5. The number of carbonyl (C=O) groups excluding carboxylic acids is 1. The van der Waals surface area contributed by atoms with Gasteiger partial charge in [0.05, 0.1) is 11.3 Å². The number of hydrogen-bond donors (Lipinski definition) is 2. The molecule has 0 saturated carbocycles. The highest BCUT2D eigenvalue weighted by Gasteiger charge is 2.28. The lowest BCUT2D eigenvalue weighted by molar-refractivity contribution is -0.120. The minimum atomic E-state index is -0.328. The molecule has 106 valence electrons. The molecule has 0 aliphatic carbocycles. The first-order valence-electron chi connectivity index (χ1n) is 6.58. The van der Waals surface area contributed by atoms with Gasteiger partial charge in [0.1, 0.15) is 0 Å². The van der Waals surface area contributed by atoms with E-state index in [1.807, 2.05) is 19.1 Å². The van der Waals surface area contributed by atoms with Gasteiger partial charge in [-0.25, -0.2) is 0 Å². The van der Waals surface area contributed by atoms with Crippen molar-refractivity contribution in [3.8, 4) is 0 Å². The molecule has 19 heavy (non-hydrogen) atoms. The van der Waals surface area contributed by atoms with E-state index in [1.54, 1.807) is 11.8 Å². The number of nitrogens with one attached hydrogen (secondary N) is 1. The number of amides is 1. The predicted molar refractivity (Wildman–Crippen MR) is 82.3 cm³/mol. The summed E-state index contributed by atoms with van der Waals surface area (Å²) in [5.74, 6) is 0.767. The highest BCUT2D eigenvalue weighted by Crippen LogP contribution is 2.19. The Kier molecular flexibility index (Phi) is 5.88. The molecule has 1 amide bonds. The molecule has 1 atom stereocenters. The van der Waals surface area contributed by atoms with Gasteiger partial charge in [-0.3, -0.25) is 4.79 Å². The molecule has 1 aromatic carbocycles. The maximum absolute atomic E-state index is 12.0. The Morgan fingerprint density at radius 2 is 1.95 bits per heavy atom. The minimum Gasteiger partial charge on any atom is -0.349 e. The molecule has 4 heteroatoms. The minimum absolute atomic E-state index is 0.0345. The largest absolute Gasteiger partial charge is 0.349 e. The third-order valence-electron chi connectivity index (χ3n) is 3.51. The number of benzene rings is 1. The van der Waals surface area contributed by atoms with Gasteiger partial charge in [0.25, 0.3) is 0 Å². The number of rotatable bonds is 6. The number of carbonyl (C=O) groups is 1. The first-order chi connectivity index (χ1) is 8.87. The van der Waals surface area contributed by atoms with E-state index in [0.29, 0.717) is 18.2 Å². The molecule has 0 aliphatic heterocycles. The Hall–Kier alpha value is -1.00. The molecule has 0 heterocycles. The first kappa shape index (κ1) is 16.1. The number of nitrogens with two attached hydrogens (primary N) is 1. The summed E-state index contributed by atoms with van der Waals surface area (Å²) in [6, 6.07) is 8.19. The zero-order valence-corrected chi connectivity index (χ0v) is 13.0. The van der Waals surface area contributed by atoms with Crippen LogP contribution >= 0.6 is 11.8 Å². The van der Waals surface area contributed by atoms with Crippen LogP contribution in [-0.2, 0) is 4.79 Å². The predicted octanol–water partition coefficient (Wildman–Crippen LogP) is 2.58. The molecule has 0 saturated heterocycles. The maximum Gasteiger partial charge on any atom is 0.230 e. The van der Waals surface area contributed by atoms with Gasteiger partial charge >= 0.3 is 0 Å². The molecule has 0 radical (unpaired) electrons. The average Bonchev–Trinajstić information content (AvgIpc) is 2.37. The molecule has 1 aromatic rings. The Morgan fingerprint density at radius 1 is 1.37 bits per heavy atom. The molecule has 0 aliphatic rings. The van der Waals surface area contributed by atoms with Crippen LogP contribution < -0.4 is 11.1 Å². The summed E-state index contributed by atoms with van der Waals surface area (Å²) >= 11 is 1.55. The van der Waals surface area contributed by atoms with E-state index < -0.39 is 0 Å². The van der Waals surface area contributed by atoms with Crippen molar-refractivity contribution in [1.29, 1.82) is 0 Å². The van der Waals surface area contributed by atoms with E-state index in [1.165, 1.54) is 5.56 Å². The summed E-state index contributed by atoms with van der Waals surface area (Å²) in [5.41, 5.74) is 6.66. The van der Waals surface area contributed by atoms with Crippen LogP contribution in [0.5, 0.6) is 0 Å². The van der Waals surface area contributed by atoms with Crippen molar-refractivity contribution < 1.29 is 4.79 Å². The van der Waals surface area contributed by atoms with Gasteiger partial charge in [-0.15, -0.1) is 11.8 Å². The van der Waals surface area contributed by atoms with E-state index in [9.17, 15) is 4.79 Å². The lowest BCUT2D eigenvalue weighted by Gasteiger charge is -2.33. The van der Waals surface area contributed by atoms with Crippen LogP contribution in [0.2, 0.25) is 0 Å². The third-order valence-corrected chi connectivity index (χ3v) is 4.53. The molecular weight excluding hydrogens is 256 g/mol. The Morgan fingerprint density at radius 3 is 2.42 bits per heavy atom. The second-order valence-corrected chi connectivity index (χ2v) is 6.47. The molecule has 1 unspecified atom stereocenters. The lowest BCUT2D eigenvalue weighted by atomic mass is 9.88. The van der Waals surface area contributed by atoms with Gasteiger partial charge in [-0.05, 0) is 31.9 Å². The van der Waals surface area contributed by atoms with Crippen molar-refractivity contribution in [2.24, 2.45) is 11.7 Å². The van der Waals surface area contributed by atoms with Crippen LogP contribution in [0.1, 0.15) is 26.3 Å². The van der Waals surface area contributed by atoms with Crippen LogP contribution in [-0.4, -0.2) is 23.7 Å². The fourth-order valence-corrected chi connectivity index (χ4v) is 2.27. The summed E-state index contributed by atoms with van der Waals surface area (Å²) in [5, 5.41) is 3.04. The van der Waals surface area contributed by atoms with Crippen molar-refractivity contribution in [2.45, 2.75) is 38.1 Å². The molecule has 3 N–H and O–H groups in total. The number of hydrogen-bond acceptors (Lipinski definition) is 3. The van der Waals surface area contributed by atoms with Crippen LogP contribution in [0.3, 0.4) is 0 Å². The van der Waals surface area contributed by atoms with Crippen LogP contribution in [0.25, 0.3) is 0 Å². The lowest BCUT2D eigenvalue weighted by Crippen LogP contribution is -2.55. The molecule has 1 rings (SSSR count). The molecule has 3 nitrogen and oxygen atoms in total. The van der Waals surface area contributed by atoms with Crippen molar-refractivity contribution in [3.05, 3.63) is 29.8 Å². The van der Waals surface area contributed by atoms with Crippen LogP contribution in [0.4, 0.5) is 0 Å². The molecular formula is C15H24N2OS. The average molecular weight is 280 g/mol. The van der Waals surface area contributed by atoms with E-state index in [-0.39, 0.29) is 11.4 Å². The van der Waals surface area contributed by atoms with Gasteiger partial charge in [0.15, 0.2) is 0 Å². The highest BCUT2D eigenvalue weighted by atomic mass is 32.2. The van der Waals surface area contributed by atoms with Gasteiger partial charge in [0.2, 0.25) is 5.91 Å². The Bertz CT molecular complexity index is 417. The summed E-state index contributed by atoms with van der Waals surface area (Å²) < 4.78 is 0. The zero-order valence-electron chi connectivity index (χ0n) is 12.2. The van der Waals surface area contributed by atoms with Gasteiger partial charge in [-0.2, -0.15) is 0 Å². The van der Waals surface area contributed by atoms with Crippen molar-refractivity contribution in [1.82, 2.24) is 5.32 Å². The fraction of sp³-hybridized carbons (Fsp3) is 0.533. The SMILES string of the molecule is Cc1ccc(SCC(=O)NC(C)(CN)C(C)C)cc1. The highest BCUT2D eigenvalue weighted by molar-refractivity contribution is 8.00. The van der Waals surface area contributed by atoms with Gasteiger partial charge < -0.3 is 11.1 Å². The summed E-state index contributed by atoms with van der Waals surface area (Å²) in [7, 11) is 0. The monoisotopic (exact) mass is 280 g/mol. The molecule has 0 bridgehead atoms. The second kappa shape index (κ2) is 6.96. The normalized spacial score (nSPS) is 14.2. The Balaban J connectivity index is 2.50. The van der Waals surface area contributed by atoms with E-state index in [2.05, 4.69) is 38.2 Å². The summed E-state index contributed by atoms with van der Waals surface area (Å²) in [4.78, 5) is 13.1. The van der Waals surface area contributed by atoms with E-state index in [0.717, 1.165) is 4.90 Å². The van der Waals surface area contributed by atoms with Crippen LogP contribution in [0, 0.1) is 12.8 Å². The summed E-state index contributed by atoms with van der Waals surface area (Å²) in [6.07, 6.45) is 0. The second-order valence-electron chi connectivity index (χ2n) is 5.43. The van der Waals surface area contributed by atoms with Crippen LogP contribution in [0.15, 0.2) is 29.2 Å². The van der Waals surface area contributed by atoms with Crippen molar-refractivity contribution in [3.63, 3.8) is 0 Å². The van der Waals surface area contributed by atoms with E-state index in [4.69, 9.17) is 5.73 Å². The number of thioether (sulfide) groups is 1. The maximum atomic E-state index is 12.0. The molecule has 0 spiro atoms. The quantitative estimate of drug-likeness (QED) is 0.788. The smallest absolute Gasteiger partial charge is 0.230 e. The first-order valence-corrected chi connectivity index (χ1v) is 7.56. The third kappa shape index (κ3) is 4.88. The van der Waals surface area contributed by atoms with E-state index >= 15 is 0 Å².